The predicted molar refractivity (Wildman–Crippen MR) is 85.6 cm³/mol. The van der Waals surface area contributed by atoms with Gasteiger partial charge in [-0.05, 0) is 43.3 Å². The molecule has 0 spiro atoms. The van der Waals surface area contributed by atoms with Gasteiger partial charge in [-0.25, -0.2) is 9.59 Å². The third-order valence-corrected chi connectivity index (χ3v) is 3.21. The Hall–Kier alpha value is -3.15. The van der Waals surface area contributed by atoms with E-state index >= 15 is 0 Å². The molecule has 0 aromatic heterocycles. The van der Waals surface area contributed by atoms with Gasteiger partial charge in [0.15, 0.2) is 5.78 Å². The second-order valence-electron chi connectivity index (χ2n) is 4.95. The van der Waals surface area contributed by atoms with Gasteiger partial charge >= 0.3 is 11.9 Å². The Bertz CT molecular complexity index is 731. The van der Waals surface area contributed by atoms with Gasteiger partial charge in [0.2, 0.25) is 0 Å². The smallest absolute Gasteiger partial charge is 0.338 e. The number of hydrogen-bond acceptors (Lipinski definition) is 5. The minimum atomic E-state index is -1.01. The standard InChI is InChI=1S/C18H16O6/c1-12(19)13-2-4-15(5-3-13)18(22)24-11-10-23-16-8-6-14(7-9-16)17(20)21/h2-9H,10-11H2,1H3,(H,20,21). The van der Waals surface area contributed by atoms with E-state index in [1.54, 1.807) is 12.1 Å². The van der Waals surface area contributed by atoms with E-state index in [4.69, 9.17) is 14.6 Å². The van der Waals surface area contributed by atoms with Crippen LogP contribution in [0.5, 0.6) is 5.75 Å². The van der Waals surface area contributed by atoms with Crippen LogP contribution in [0.4, 0.5) is 0 Å². The number of Topliss-reactive ketones (excluding diaryl/α,β-unsaturated/α-hetero) is 1. The third kappa shape index (κ3) is 4.67. The van der Waals surface area contributed by atoms with Crippen molar-refractivity contribution in [2.45, 2.75) is 6.92 Å². The van der Waals surface area contributed by atoms with Crippen molar-refractivity contribution in [1.82, 2.24) is 0 Å². The second kappa shape index (κ2) is 7.92. The monoisotopic (exact) mass is 328 g/mol. The molecule has 124 valence electrons. The van der Waals surface area contributed by atoms with Crippen LogP contribution in [0.1, 0.15) is 38.0 Å². The molecule has 2 aromatic rings. The normalized spacial score (nSPS) is 10.0. The molecule has 6 nitrogen and oxygen atoms in total. The molecule has 2 aromatic carbocycles. The van der Waals surface area contributed by atoms with Crippen LogP contribution in [0.15, 0.2) is 48.5 Å². The molecule has 0 fully saturated rings. The van der Waals surface area contributed by atoms with Gasteiger partial charge in [-0.2, -0.15) is 0 Å². The number of benzene rings is 2. The number of rotatable bonds is 7. The Labute approximate surface area is 138 Å². The van der Waals surface area contributed by atoms with Crippen molar-refractivity contribution in [2.24, 2.45) is 0 Å². The molecule has 0 aliphatic carbocycles. The highest BCUT2D eigenvalue weighted by Gasteiger charge is 2.08. The van der Waals surface area contributed by atoms with E-state index in [0.29, 0.717) is 16.9 Å². The zero-order valence-electron chi connectivity index (χ0n) is 13.0. The summed E-state index contributed by atoms with van der Waals surface area (Å²) >= 11 is 0. The summed E-state index contributed by atoms with van der Waals surface area (Å²) in [6, 6.07) is 12.1. The summed E-state index contributed by atoms with van der Waals surface area (Å²) < 4.78 is 10.4. The number of ketones is 1. The first-order valence-electron chi connectivity index (χ1n) is 7.21. The van der Waals surface area contributed by atoms with Crippen molar-refractivity contribution in [2.75, 3.05) is 13.2 Å². The van der Waals surface area contributed by atoms with E-state index in [9.17, 15) is 14.4 Å². The van der Waals surface area contributed by atoms with Crippen LogP contribution in [0.25, 0.3) is 0 Å². The molecule has 0 unspecified atom stereocenters. The van der Waals surface area contributed by atoms with Gasteiger partial charge in [0.25, 0.3) is 0 Å². The Morgan fingerprint density at radius 1 is 0.833 bits per heavy atom. The van der Waals surface area contributed by atoms with Crippen molar-refractivity contribution < 1.29 is 29.0 Å². The summed E-state index contributed by atoms with van der Waals surface area (Å²) in [4.78, 5) is 33.7. The largest absolute Gasteiger partial charge is 0.490 e. The summed E-state index contributed by atoms with van der Waals surface area (Å²) in [6.45, 7) is 1.64. The summed E-state index contributed by atoms with van der Waals surface area (Å²) in [7, 11) is 0. The molecule has 24 heavy (non-hydrogen) atoms. The van der Waals surface area contributed by atoms with Gasteiger partial charge in [-0.15, -0.1) is 0 Å². The first-order chi connectivity index (χ1) is 11.5. The maximum absolute atomic E-state index is 11.8. The summed E-state index contributed by atoms with van der Waals surface area (Å²) in [5.74, 6) is -1.10. The topological polar surface area (TPSA) is 89.9 Å². The van der Waals surface area contributed by atoms with Crippen LogP contribution >= 0.6 is 0 Å². The number of carbonyl (C=O) groups is 3. The number of esters is 1. The predicted octanol–water partition coefficient (Wildman–Crippen LogP) is 2.82. The van der Waals surface area contributed by atoms with Crippen LogP contribution in [0.3, 0.4) is 0 Å². The lowest BCUT2D eigenvalue weighted by atomic mass is 10.1. The Morgan fingerprint density at radius 3 is 1.92 bits per heavy atom. The maximum Gasteiger partial charge on any atom is 0.338 e. The Morgan fingerprint density at radius 2 is 1.38 bits per heavy atom. The molecule has 1 N–H and O–H groups in total. The molecule has 0 aliphatic heterocycles. The average Bonchev–Trinajstić information content (AvgIpc) is 2.59. The number of carboxylic acids is 1. The van der Waals surface area contributed by atoms with Gasteiger partial charge in [0.05, 0.1) is 11.1 Å². The third-order valence-electron chi connectivity index (χ3n) is 3.21. The van der Waals surface area contributed by atoms with E-state index in [0.717, 1.165) is 0 Å². The fourth-order valence-electron chi connectivity index (χ4n) is 1.91. The summed E-state index contributed by atoms with van der Waals surface area (Å²) in [6.07, 6.45) is 0. The first-order valence-corrected chi connectivity index (χ1v) is 7.21. The highest BCUT2D eigenvalue weighted by molar-refractivity contribution is 5.96. The van der Waals surface area contributed by atoms with Gasteiger partial charge in [0.1, 0.15) is 19.0 Å². The Balaban J connectivity index is 1.78. The van der Waals surface area contributed by atoms with E-state index in [2.05, 4.69) is 0 Å². The molecule has 0 heterocycles. The molecule has 0 aliphatic rings. The van der Waals surface area contributed by atoms with Crippen molar-refractivity contribution in [3.05, 3.63) is 65.2 Å². The lowest BCUT2D eigenvalue weighted by Crippen LogP contribution is -2.12. The van der Waals surface area contributed by atoms with Crippen molar-refractivity contribution in [3.8, 4) is 5.75 Å². The number of carbonyl (C=O) groups excluding carboxylic acids is 2. The highest BCUT2D eigenvalue weighted by Crippen LogP contribution is 2.12. The molecule has 6 heteroatoms. The molecule has 2 rings (SSSR count). The fraction of sp³-hybridized carbons (Fsp3) is 0.167. The lowest BCUT2D eigenvalue weighted by molar-refractivity contribution is 0.0449. The molecule has 0 amide bonds. The lowest BCUT2D eigenvalue weighted by Gasteiger charge is -2.08. The maximum atomic E-state index is 11.8. The molecular weight excluding hydrogens is 312 g/mol. The van der Waals surface area contributed by atoms with Gasteiger partial charge in [-0.3, -0.25) is 4.79 Å². The van der Waals surface area contributed by atoms with E-state index in [1.807, 2.05) is 0 Å². The van der Waals surface area contributed by atoms with Crippen molar-refractivity contribution in [1.29, 1.82) is 0 Å². The van der Waals surface area contributed by atoms with Crippen LogP contribution < -0.4 is 4.74 Å². The molecule has 0 atom stereocenters. The summed E-state index contributed by atoms with van der Waals surface area (Å²) in [5.41, 5.74) is 1.05. The molecule has 0 saturated heterocycles. The molecule has 0 saturated carbocycles. The van der Waals surface area contributed by atoms with Crippen LogP contribution in [0.2, 0.25) is 0 Å². The van der Waals surface area contributed by atoms with E-state index < -0.39 is 11.9 Å². The van der Waals surface area contributed by atoms with Crippen LogP contribution in [0, 0.1) is 0 Å². The first kappa shape index (κ1) is 17.2. The van der Waals surface area contributed by atoms with Gasteiger partial charge in [0, 0.05) is 5.56 Å². The average molecular weight is 328 g/mol. The second-order valence-corrected chi connectivity index (χ2v) is 4.95. The van der Waals surface area contributed by atoms with E-state index in [-0.39, 0.29) is 24.6 Å². The zero-order chi connectivity index (χ0) is 17.5. The van der Waals surface area contributed by atoms with Crippen LogP contribution in [-0.2, 0) is 4.74 Å². The van der Waals surface area contributed by atoms with Crippen molar-refractivity contribution in [3.63, 3.8) is 0 Å². The number of aromatic carboxylic acids is 1. The molecular formula is C18H16O6. The molecule has 0 radical (unpaired) electrons. The summed E-state index contributed by atoms with van der Waals surface area (Å²) in [5, 5.41) is 8.79. The van der Waals surface area contributed by atoms with Crippen LogP contribution in [-0.4, -0.2) is 36.0 Å². The molecule has 0 bridgehead atoms. The Kier molecular flexibility index (Phi) is 5.68. The number of ether oxygens (including phenoxy) is 2. The van der Waals surface area contributed by atoms with Crippen molar-refractivity contribution >= 4 is 17.7 Å². The number of carboxylic acid groups (broad SMARTS) is 1. The fourth-order valence-corrected chi connectivity index (χ4v) is 1.91. The van der Waals surface area contributed by atoms with Gasteiger partial charge in [-0.1, -0.05) is 12.1 Å². The highest BCUT2D eigenvalue weighted by atomic mass is 16.6. The van der Waals surface area contributed by atoms with E-state index in [1.165, 1.54) is 43.3 Å². The quantitative estimate of drug-likeness (QED) is 0.477. The number of hydrogen-bond donors (Lipinski definition) is 1. The zero-order valence-corrected chi connectivity index (χ0v) is 13.0. The minimum Gasteiger partial charge on any atom is -0.490 e. The minimum absolute atomic E-state index is 0.0496. The SMILES string of the molecule is CC(=O)c1ccc(C(=O)OCCOc2ccc(C(=O)O)cc2)cc1. The van der Waals surface area contributed by atoms with Gasteiger partial charge < -0.3 is 14.6 Å².